The van der Waals surface area contributed by atoms with Crippen molar-refractivity contribution in [1.29, 1.82) is 0 Å². The molecule has 0 nitrogen and oxygen atoms in total. The van der Waals surface area contributed by atoms with Crippen molar-refractivity contribution in [1.82, 2.24) is 0 Å². The minimum atomic E-state index is -3.28. The third-order valence-electron chi connectivity index (χ3n) is 10.2. The van der Waals surface area contributed by atoms with E-state index in [0.717, 1.165) is 63.4 Å². The Balaban J connectivity index is 0.000000201. The minimum Gasteiger partial charge on any atom is -0.206 e. The minimum absolute atomic E-state index is 0.0511. The van der Waals surface area contributed by atoms with Gasteiger partial charge in [0, 0.05) is 11.8 Å². The van der Waals surface area contributed by atoms with Gasteiger partial charge in [0.15, 0.2) is 11.6 Å². The molecule has 0 saturated heterocycles. The fourth-order valence-corrected chi connectivity index (χ4v) is 8.25. The Hall–Kier alpha value is -2.05. The Kier molecular flexibility index (Phi) is 11.5. The lowest BCUT2D eigenvalue weighted by Crippen LogP contribution is -2.30. The summed E-state index contributed by atoms with van der Waals surface area (Å²) in [7, 11) is 0. The van der Waals surface area contributed by atoms with Crippen molar-refractivity contribution in [2.75, 3.05) is 0 Å². The second-order valence-electron chi connectivity index (χ2n) is 13.4. The molecule has 2 aromatic rings. The van der Waals surface area contributed by atoms with Crippen LogP contribution in [0.3, 0.4) is 0 Å². The van der Waals surface area contributed by atoms with Crippen molar-refractivity contribution in [3.63, 3.8) is 0 Å². The number of hydrogen-bond acceptors (Lipinski definition) is 0. The van der Waals surface area contributed by atoms with Gasteiger partial charge in [-0.1, -0.05) is 97.6 Å². The fourth-order valence-electron chi connectivity index (χ4n) is 8.25. The maximum absolute atomic E-state index is 14.9. The Labute approximate surface area is 259 Å². The van der Waals surface area contributed by atoms with Crippen LogP contribution in [0.1, 0.15) is 132 Å². The van der Waals surface area contributed by atoms with E-state index in [2.05, 4.69) is 0 Å². The summed E-state index contributed by atoms with van der Waals surface area (Å²) in [4.78, 5) is 0. The molecule has 0 spiro atoms. The summed E-state index contributed by atoms with van der Waals surface area (Å²) in [6.07, 6.45) is 11.2. The number of aryl methyl sites for hydroxylation is 2. The molecule has 0 bridgehead atoms. The molecule has 2 aromatic carbocycles. The molecule has 3 aliphatic rings. The predicted molar refractivity (Wildman–Crippen MR) is 163 cm³/mol. The van der Waals surface area contributed by atoms with Gasteiger partial charge in [0.1, 0.15) is 5.82 Å². The lowest BCUT2D eigenvalue weighted by atomic mass is 9.77. The van der Waals surface area contributed by atoms with Gasteiger partial charge in [0.2, 0.25) is 0 Å². The summed E-state index contributed by atoms with van der Waals surface area (Å²) in [5.74, 6) is -11.1. The molecule has 5 rings (SSSR count). The van der Waals surface area contributed by atoms with Crippen molar-refractivity contribution in [3.8, 4) is 0 Å². The van der Waals surface area contributed by atoms with Crippen LogP contribution in [0.5, 0.6) is 0 Å². The number of hydrogen-bond donors (Lipinski definition) is 0. The van der Waals surface area contributed by atoms with Gasteiger partial charge in [-0.05, 0) is 78.7 Å². The summed E-state index contributed by atoms with van der Waals surface area (Å²) in [5, 5.41) is 0. The van der Waals surface area contributed by atoms with Crippen molar-refractivity contribution in [2.45, 2.75) is 136 Å². The van der Waals surface area contributed by atoms with Crippen LogP contribution < -0.4 is 0 Å². The second-order valence-corrected chi connectivity index (χ2v) is 13.4. The van der Waals surface area contributed by atoms with Gasteiger partial charge >= 0.3 is 0 Å². The Morgan fingerprint density at radius 2 is 1.30 bits per heavy atom. The van der Waals surface area contributed by atoms with Crippen molar-refractivity contribution in [3.05, 3.63) is 69.0 Å². The van der Waals surface area contributed by atoms with Gasteiger partial charge in [-0.15, -0.1) is 0 Å². The highest BCUT2D eigenvalue weighted by molar-refractivity contribution is 5.43. The van der Waals surface area contributed by atoms with Crippen molar-refractivity contribution >= 4 is 0 Å². The molecular weight excluding hydrogens is 577 g/mol. The topological polar surface area (TPSA) is 0 Å². The quantitative estimate of drug-likeness (QED) is 0.230. The molecule has 1 saturated carbocycles. The van der Waals surface area contributed by atoms with E-state index in [0.29, 0.717) is 43.2 Å². The van der Waals surface area contributed by atoms with Crippen molar-refractivity contribution in [2.24, 2.45) is 23.7 Å². The van der Waals surface area contributed by atoms with Crippen LogP contribution in [-0.2, 0) is 37.5 Å². The first-order chi connectivity index (χ1) is 20.9. The van der Waals surface area contributed by atoms with Crippen LogP contribution in [-0.4, -0.2) is 0 Å². The van der Waals surface area contributed by atoms with E-state index >= 15 is 0 Å². The molecule has 0 heterocycles. The third kappa shape index (κ3) is 6.87. The van der Waals surface area contributed by atoms with Gasteiger partial charge in [0.25, 0.3) is 11.8 Å². The molecule has 0 aromatic heterocycles. The zero-order chi connectivity index (χ0) is 32.2. The maximum atomic E-state index is 14.9. The first-order valence-corrected chi connectivity index (χ1v) is 17.0. The Bertz CT molecular complexity index is 1260. The van der Waals surface area contributed by atoms with E-state index in [9.17, 15) is 30.7 Å². The SMILES string of the molecule is CCCc1cc(F)c2c(c1)CC(C1CCCCC1)C2(F)F.CCCc1cc2c(c(F)c1F)C(F)(F)C(C(CCC)CCC)C2. The summed E-state index contributed by atoms with van der Waals surface area (Å²) < 4.78 is 102. The van der Waals surface area contributed by atoms with Crippen LogP contribution in [0.4, 0.5) is 30.7 Å². The molecule has 0 radical (unpaired) electrons. The standard InChI is InChI=1S/C19H26F4.C18H23F3/c1-4-7-12(8-5-2)15-11-14-10-13(9-6-3)17(20)18(21)16(14)19(15,22)23;1-2-6-12-9-14-11-15(13-7-4-3-5-8-13)18(20,21)17(14)16(19)10-12/h10,12,15H,4-9,11H2,1-3H3;9-10,13,15H,2-8,11H2,1H3. The molecule has 1 fully saturated rings. The molecule has 7 heteroatoms. The van der Waals surface area contributed by atoms with Gasteiger partial charge in [-0.25, -0.2) is 30.7 Å². The first-order valence-electron chi connectivity index (χ1n) is 17.0. The zero-order valence-electron chi connectivity index (χ0n) is 26.8. The van der Waals surface area contributed by atoms with E-state index in [-0.39, 0.29) is 29.4 Å². The number of rotatable bonds is 10. The maximum Gasteiger partial charge on any atom is 0.279 e. The highest BCUT2D eigenvalue weighted by atomic mass is 19.3. The van der Waals surface area contributed by atoms with Gasteiger partial charge in [0.05, 0.1) is 11.1 Å². The largest absolute Gasteiger partial charge is 0.279 e. The van der Waals surface area contributed by atoms with Crippen molar-refractivity contribution < 1.29 is 30.7 Å². The highest BCUT2D eigenvalue weighted by Crippen LogP contribution is 2.54. The van der Waals surface area contributed by atoms with E-state index in [1.54, 1.807) is 0 Å². The average Bonchev–Trinajstić information content (AvgIpc) is 3.40. The Morgan fingerprint density at radius 1 is 0.682 bits per heavy atom. The summed E-state index contributed by atoms with van der Waals surface area (Å²) in [6.45, 7) is 7.83. The summed E-state index contributed by atoms with van der Waals surface area (Å²) >= 11 is 0. The molecule has 3 aliphatic carbocycles. The molecule has 44 heavy (non-hydrogen) atoms. The van der Waals surface area contributed by atoms with E-state index in [1.165, 1.54) is 12.1 Å². The van der Waals surface area contributed by atoms with E-state index < -0.39 is 46.7 Å². The number of halogens is 7. The molecule has 246 valence electrons. The third-order valence-corrected chi connectivity index (χ3v) is 10.2. The first kappa shape index (κ1) is 34.8. The number of benzene rings is 2. The normalized spacial score (nSPS) is 22.1. The summed E-state index contributed by atoms with van der Waals surface area (Å²) in [6, 6.07) is 4.61. The van der Waals surface area contributed by atoms with Gasteiger partial charge < -0.3 is 0 Å². The van der Waals surface area contributed by atoms with Crippen LogP contribution in [0.15, 0.2) is 18.2 Å². The van der Waals surface area contributed by atoms with Crippen LogP contribution >= 0.6 is 0 Å². The van der Waals surface area contributed by atoms with Gasteiger partial charge in [-0.2, -0.15) is 0 Å². The smallest absolute Gasteiger partial charge is 0.206 e. The number of fused-ring (bicyclic) bond motifs is 2. The highest BCUT2D eigenvalue weighted by Gasteiger charge is 2.54. The molecule has 0 aliphatic heterocycles. The number of alkyl halides is 4. The zero-order valence-corrected chi connectivity index (χ0v) is 26.8. The second kappa shape index (κ2) is 14.6. The van der Waals surface area contributed by atoms with Crippen LogP contribution in [0.25, 0.3) is 0 Å². The predicted octanol–water partition coefficient (Wildman–Crippen LogP) is 12.0. The average molecular weight is 627 g/mol. The van der Waals surface area contributed by atoms with Crippen LogP contribution in [0.2, 0.25) is 0 Å². The molecule has 2 atom stereocenters. The van der Waals surface area contributed by atoms with E-state index in [4.69, 9.17) is 0 Å². The Morgan fingerprint density at radius 3 is 1.89 bits per heavy atom. The molecule has 2 unspecified atom stereocenters. The molecule has 0 N–H and O–H groups in total. The molecular formula is C37H49F7. The monoisotopic (exact) mass is 626 g/mol. The molecule has 0 amide bonds. The summed E-state index contributed by atoms with van der Waals surface area (Å²) in [5.41, 5.74) is 0.949. The van der Waals surface area contributed by atoms with Crippen LogP contribution in [0, 0.1) is 41.1 Å². The van der Waals surface area contributed by atoms with E-state index in [1.807, 2.05) is 33.8 Å². The van der Waals surface area contributed by atoms with Gasteiger partial charge in [-0.3, -0.25) is 0 Å². The fraction of sp³-hybridized carbons (Fsp3) is 0.676. The lowest BCUT2D eigenvalue weighted by molar-refractivity contribution is -0.0820. The lowest BCUT2D eigenvalue weighted by Gasteiger charge is -2.31.